The Labute approximate surface area is 171 Å². The summed E-state index contributed by atoms with van der Waals surface area (Å²) in [4.78, 5) is 24.4. The number of nitrogens with one attached hydrogen (secondary N) is 1. The van der Waals surface area contributed by atoms with E-state index in [1.807, 2.05) is 30.3 Å². The van der Waals surface area contributed by atoms with Crippen molar-refractivity contribution in [2.24, 2.45) is 0 Å². The molecule has 8 heteroatoms. The highest BCUT2D eigenvalue weighted by Gasteiger charge is 2.16. The van der Waals surface area contributed by atoms with Crippen LogP contribution in [-0.4, -0.2) is 21.4 Å². The maximum atomic E-state index is 12.5. The molecule has 30 heavy (non-hydrogen) atoms. The number of ether oxygens (including phenoxy) is 1. The van der Waals surface area contributed by atoms with Gasteiger partial charge in [-0.05, 0) is 42.1 Å². The van der Waals surface area contributed by atoms with Crippen molar-refractivity contribution in [3.63, 3.8) is 0 Å². The minimum Gasteiger partial charge on any atom is -0.457 e. The molecule has 1 heterocycles. The molecule has 0 radical (unpaired) electrons. The summed E-state index contributed by atoms with van der Waals surface area (Å²) in [6.07, 6.45) is 0. The van der Waals surface area contributed by atoms with Crippen molar-refractivity contribution in [2.75, 3.05) is 7.05 Å². The van der Waals surface area contributed by atoms with Gasteiger partial charge in [0.25, 0.3) is 0 Å². The Kier molecular flexibility index (Phi) is 5.11. The van der Waals surface area contributed by atoms with Crippen LogP contribution >= 0.6 is 0 Å². The van der Waals surface area contributed by atoms with Crippen molar-refractivity contribution in [1.82, 2.24) is 4.72 Å². The van der Waals surface area contributed by atoms with Crippen LogP contribution < -0.4 is 10.3 Å². The summed E-state index contributed by atoms with van der Waals surface area (Å²) in [7, 11) is -2.40. The van der Waals surface area contributed by atoms with Gasteiger partial charge in [0.2, 0.25) is 10.0 Å². The summed E-state index contributed by atoms with van der Waals surface area (Å²) < 4.78 is 36.8. The van der Waals surface area contributed by atoms with Crippen LogP contribution in [0.5, 0.6) is 0 Å². The highest BCUT2D eigenvalue weighted by atomic mass is 32.2. The van der Waals surface area contributed by atoms with Gasteiger partial charge in [-0.2, -0.15) is 0 Å². The zero-order valence-electron chi connectivity index (χ0n) is 15.9. The number of hydrogen-bond donors (Lipinski definition) is 1. The average molecular weight is 423 g/mol. The molecule has 0 aliphatic rings. The van der Waals surface area contributed by atoms with E-state index in [0.717, 1.165) is 10.8 Å². The average Bonchev–Trinajstić information content (AvgIpc) is 2.76. The Morgan fingerprint density at radius 2 is 1.83 bits per heavy atom. The van der Waals surface area contributed by atoms with Gasteiger partial charge in [0.05, 0.1) is 10.5 Å². The van der Waals surface area contributed by atoms with Crippen LogP contribution in [0.4, 0.5) is 0 Å². The minimum absolute atomic E-state index is 0.0451. The zero-order valence-corrected chi connectivity index (χ0v) is 16.7. The van der Waals surface area contributed by atoms with E-state index in [2.05, 4.69) is 4.72 Å². The molecular weight excluding hydrogens is 406 g/mol. The molecule has 4 aromatic rings. The summed E-state index contributed by atoms with van der Waals surface area (Å²) in [5.41, 5.74) is 0.439. The molecule has 4 rings (SSSR count). The van der Waals surface area contributed by atoms with Crippen molar-refractivity contribution >= 4 is 37.7 Å². The van der Waals surface area contributed by atoms with Crippen molar-refractivity contribution < 1.29 is 22.4 Å². The summed E-state index contributed by atoms with van der Waals surface area (Å²) in [5, 5.41) is 2.51. The Morgan fingerprint density at radius 1 is 1.03 bits per heavy atom. The van der Waals surface area contributed by atoms with Gasteiger partial charge in [0.15, 0.2) is 0 Å². The zero-order chi connectivity index (χ0) is 21.3. The number of fused-ring (bicyclic) bond motifs is 3. The van der Waals surface area contributed by atoms with Crippen LogP contribution in [0, 0.1) is 0 Å². The lowest BCUT2D eigenvalue weighted by Crippen LogP contribution is -2.19. The van der Waals surface area contributed by atoms with Crippen LogP contribution in [0.2, 0.25) is 0 Å². The number of carbonyl (C=O) groups is 1. The van der Waals surface area contributed by atoms with Gasteiger partial charge in [-0.1, -0.05) is 36.4 Å². The van der Waals surface area contributed by atoms with E-state index in [9.17, 15) is 18.0 Å². The molecule has 0 amide bonds. The maximum Gasteiger partial charge on any atom is 0.338 e. The van der Waals surface area contributed by atoms with Gasteiger partial charge < -0.3 is 9.15 Å². The first kappa shape index (κ1) is 19.8. The molecule has 0 fully saturated rings. The summed E-state index contributed by atoms with van der Waals surface area (Å²) >= 11 is 0. The predicted octanol–water partition coefficient (Wildman–Crippen LogP) is 3.21. The Morgan fingerprint density at radius 3 is 2.63 bits per heavy atom. The maximum absolute atomic E-state index is 12.5. The lowest BCUT2D eigenvalue weighted by molar-refractivity contribution is 0.0473. The van der Waals surface area contributed by atoms with Crippen LogP contribution in [0.15, 0.2) is 80.8 Å². The molecule has 0 atom stereocenters. The molecule has 0 saturated carbocycles. The Bertz CT molecular complexity index is 1440. The first-order chi connectivity index (χ1) is 14.4. The second-order valence-electron chi connectivity index (χ2n) is 6.56. The van der Waals surface area contributed by atoms with Gasteiger partial charge >= 0.3 is 11.6 Å². The molecular formula is C22H17NO6S. The fourth-order valence-corrected chi connectivity index (χ4v) is 4.04. The van der Waals surface area contributed by atoms with Crippen molar-refractivity contribution in [3.05, 3.63) is 88.3 Å². The first-order valence-corrected chi connectivity index (χ1v) is 10.5. The topological polar surface area (TPSA) is 103 Å². The summed E-state index contributed by atoms with van der Waals surface area (Å²) in [5.74, 6) is -0.704. The lowest BCUT2D eigenvalue weighted by Gasteiger charge is -2.10. The van der Waals surface area contributed by atoms with E-state index in [0.29, 0.717) is 16.5 Å². The number of sulfonamides is 1. The largest absolute Gasteiger partial charge is 0.457 e. The van der Waals surface area contributed by atoms with Gasteiger partial charge in [0.1, 0.15) is 12.2 Å². The number of esters is 1. The van der Waals surface area contributed by atoms with Crippen LogP contribution in [-0.2, 0) is 21.4 Å². The molecule has 0 aliphatic heterocycles. The molecule has 1 aromatic heterocycles. The molecule has 3 aromatic carbocycles. The third-order valence-electron chi connectivity index (χ3n) is 4.72. The molecule has 0 saturated heterocycles. The fraction of sp³-hybridized carbons (Fsp3) is 0.0909. The van der Waals surface area contributed by atoms with E-state index >= 15 is 0 Å². The van der Waals surface area contributed by atoms with Gasteiger partial charge in [0, 0.05) is 17.0 Å². The fourth-order valence-electron chi connectivity index (χ4n) is 3.27. The van der Waals surface area contributed by atoms with E-state index in [1.54, 1.807) is 6.07 Å². The van der Waals surface area contributed by atoms with Crippen molar-refractivity contribution in [1.29, 1.82) is 0 Å². The third kappa shape index (κ3) is 3.70. The normalized spacial score (nSPS) is 11.6. The van der Waals surface area contributed by atoms with Crippen LogP contribution in [0.3, 0.4) is 0 Å². The predicted molar refractivity (Wildman–Crippen MR) is 112 cm³/mol. The Balaban J connectivity index is 1.69. The minimum atomic E-state index is -3.69. The molecule has 152 valence electrons. The standard InChI is InChI=1S/C22H17NO6S/c1-23-30(26,27)17-7-4-6-15(11-17)22(25)28-13-16-12-20(24)29-19-10-9-14-5-2-3-8-18(14)21(16)19/h2-12,23H,13H2,1H3. The lowest BCUT2D eigenvalue weighted by atomic mass is 10.0. The highest BCUT2D eigenvalue weighted by Crippen LogP contribution is 2.28. The van der Waals surface area contributed by atoms with E-state index < -0.39 is 21.6 Å². The van der Waals surface area contributed by atoms with Crippen LogP contribution in [0.1, 0.15) is 15.9 Å². The quantitative estimate of drug-likeness (QED) is 0.300. The van der Waals surface area contributed by atoms with E-state index in [4.69, 9.17) is 9.15 Å². The molecule has 0 unspecified atom stereocenters. The molecule has 0 aliphatic carbocycles. The molecule has 1 N–H and O–H groups in total. The molecule has 0 bridgehead atoms. The molecule has 0 spiro atoms. The SMILES string of the molecule is CNS(=O)(=O)c1cccc(C(=O)OCc2cc(=O)oc3ccc4ccccc4c23)c1. The Hall–Kier alpha value is -3.49. The highest BCUT2D eigenvalue weighted by molar-refractivity contribution is 7.89. The summed E-state index contributed by atoms with van der Waals surface area (Å²) in [6.45, 7) is -0.169. The second kappa shape index (κ2) is 7.74. The van der Waals surface area contributed by atoms with Crippen molar-refractivity contribution in [3.8, 4) is 0 Å². The monoisotopic (exact) mass is 423 g/mol. The second-order valence-corrected chi connectivity index (χ2v) is 8.45. The van der Waals surface area contributed by atoms with E-state index in [-0.39, 0.29) is 17.1 Å². The number of rotatable bonds is 5. The molecule has 7 nitrogen and oxygen atoms in total. The van der Waals surface area contributed by atoms with Gasteiger partial charge in [-0.15, -0.1) is 0 Å². The number of carbonyl (C=O) groups excluding carboxylic acids is 1. The number of hydrogen-bond acceptors (Lipinski definition) is 6. The van der Waals surface area contributed by atoms with Crippen molar-refractivity contribution in [2.45, 2.75) is 11.5 Å². The van der Waals surface area contributed by atoms with Gasteiger partial charge in [-0.3, -0.25) is 0 Å². The summed E-state index contributed by atoms with van der Waals surface area (Å²) in [6, 6.07) is 18.0. The van der Waals surface area contributed by atoms with Crippen LogP contribution in [0.25, 0.3) is 21.7 Å². The van der Waals surface area contributed by atoms with E-state index in [1.165, 1.54) is 37.4 Å². The smallest absolute Gasteiger partial charge is 0.338 e. The van der Waals surface area contributed by atoms with Gasteiger partial charge in [-0.25, -0.2) is 22.7 Å². The third-order valence-corrected chi connectivity index (χ3v) is 6.13. The number of benzene rings is 3. The first-order valence-electron chi connectivity index (χ1n) is 9.04.